The lowest BCUT2D eigenvalue weighted by molar-refractivity contribution is 0.459. The maximum absolute atomic E-state index is 5.75. The molecule has 1 aromatic carbocycles. The minimum Gasteiger partial charge on any atom is -0.438 e. The molecule has 0 radical (unpaired) electrons. The molecule has 0 bridgehead atoms. The first-order valence-electron chi connectivity index (χ1n) is 6.38. The molecule has 0 saturated carbocycles. The van der Waals surface area contributed by atoms with Crippen LogP contribution in [0.25, 0.3) is 0 Å². The van der Waals surface area contributed by atoms with Crippen LogP contribution in [0.15, 0.2) is 67.0 Å². The lowest BCUT2D eigenvalue weighted by Gasteiger charge is -2.08. The van der Waals surface area contributed by atoms with Crippen molar-refractivity contribution >= 4 is 34.1 Å². The summed E-state index contributed by atoms with van der Waals surface area (Å²) < 4.78 is 6.73. The molecule has 4 nitrogen and oxygen atoms in total. The topological polar surface area (TPSA) is 47.0 Å². The molecule has 1 N–H and O–H groups in total. The second-order valence-corrected chi connectivity index (χ2v) is 5.42. The zero-order chi connectivity index (χ0) is 14.5. The molecule has 21 heavy (non-hydrogen) atoms. The van der Waals surface area contributed by atoms with Crippen molar-refractivity contribution in [3.05, 3.63) is 70.6 Å². The largest absolute Gasteiger partial charge is 0.438 e. The Morgan fingerprint density at radius 3 is 2.38 bits per heavy atom. The van der Waals surface area contributed by atoms with Crippen LogP contribution < -0.4 is 10.1 Å². The normalized spacial score (nSPS) is 10.1. The Balaban J connectivity index is 1.71. The Kier molecular flexibility index (Phi) is 4.30. The molecule has 2 heterocycles. The van der Waals surface area contributed by atoms with Crippen molar-refractivity contribution in [2.24, 2.45) is 0 Å². The third kappa shape index (κ3) is 3.69. The fourth-order valence-electron chi connectivity index (χ4n) is 1.75. The molecule has 0 fully saturated rings. The Labute approximate surface area is 136 Å². The van der Waals surface area contributed by atoms with Crippen LogP contribution >= 0.6 is 22.6 Å². The maximum Gasteiger partial charge on any atom is 0.232 e. The zero-order valence-corrected chi connectivity index (χ0v) is 13.2. The van der Waals surface area contributed by atoms with E-state index >= 15 is 0 Å². The molecular weight excluding hydrogens is 377 g/mol. The van der Waals surface area contributed by atoms with Gasteiger partial charge in [-0.15, -0.1) is 0 Å². The second-order valence-electron chi connectivity index (χ2n) is 4.26. The van der Waals surface area contributed by atoms with Gasteiger partial charge in [-0.3, -0.25) is 0 Å². The number of aromatic nitrogens is 2. The SMILES string of the molecule is Ic1cccnc1Oc1ccc(Nc2ccccn2)cc1. The van der Waals surface area contributed by atoms with E-state index in [4.69, 9.17) is 4.74 Å². The highest BCUT2D eigenvalue weighted by Gasteiger charge is 2.03. The number of hydrogen-bond donors (Lipinski definition) is 1. The van der Waals surface area contributed by atoms with Gasteiger partial charge in [0.2, 0.25) is 5.88 Å². The summed E-state index contributed by atoms with van der Waals surface area (Å²) in [5.74, 6) is 2.17. The number of nitrogens with zero attached hydrogens (tertiary/aromatic N) is 2. The Hall–Kier alpha value is -2.15. The van der Waals surface area contributed by atoms with E-state index in [2.05, 4.69) is 37.9 Å². The average molecular weight is 389 g/mol. The lowest BCUT2D eigenvalue weighted by Crippen LogP contribution is -1.93. The van der Waals surface area contributed by atoms with Crippen molar-refractivity contribution in [1.29, 1.82) is 0 Å². The van der Waals surface area contributed by atoms with Crippen LogP contribution in [0.4, 0.5) is 11.5 Å². The van der Waals surface area contributed by atoms with Crippen LogP contribution in [0, 0.1) is 3.57 Å². The number of benzene rings is 1. The van der Waals surface area contributed by atoms with E-state index in [0.717, 1.165) is 20.8 Å². The maximum atomic E-state index is 5.75. The van der Waals surface area contributed by atoms with Gasteiger partial charge in [-0.05, 0) is 71.1 Å². The van der Waals surface area contributed by atoms with E-state index in [-0.39, 0.29) is 0 Å². The predicted molar refractivity (Wildman–Crippen MR) is 91.0 cm³/mol. The summed E-state index contributed by atoms with van der Waals surface area (Å²) in [4.78, 5) is 8.43. The van der Waals surface area contributed by atoms with Gasteiger partial charge in [-0.25, -0.2) is 9.97 Å². The van der Waals surface area contributed by atoms with Gasteiger partial charge in [0, 0.05) is 18.1 Å². The van der Waals surface area contributed by atoms with Crippen molar-refractivity contribution in [3.63, 3.8) is 0 Å². The van der Waals surface area contributed by atoms with Crippen LogP contribution in [0.5, 0.6) is 11.6 Å². The molecule has 3 rings (SSSR count). The van der Waals surface area contributed by atoms with Crippen molar-refractivity contribution in [1.82, 2.24) is 9.97 Å². The minimum atomic E-state index is 0.614. The van der Waals surface area contributed by atoms with E-state index in [1.54, 1.807) is 12.4 Å². The fourth-order valence-corrected chi connectivity index (χ4v) is 2.21. The van der Waals surface area contributed by atoms with Gasteiger partial charge in [0.15, 0.2) is 0 Å². The van der Waals surface area contributed by atoms with Crippen molar-refractivity contribution in [3.8, 4) is 11.6 Å². The summed E-state index contributed by atoms with van der Waals surface area (Å²) in [6.07, 6.45) is 3.47. The Morgan fingerprint density at radius 2 is 1.67 bits per heavy atom. The third-order valence-corrected chi connectivity index (χ3v) is 3.55. The fraction of sp³-hybridized carbons (Fsp3) is 0. The molecule has 0 spiro atoms. The van der Waals surface area contributed by atoms with Gasteiger partial charge in [0.25, 0.3) is 0 Å². The minimum absolute atomic E-state index is 0.614. The number of hydrogen-bond acceptors (Lipinski definition) is 4. The summed E-state index contributed by atoms with van der Waals surface area (Å²) in [5.41, 5.74) is 0.955. The lowest BCUT2D eigenvalue weighted by atomic mass is 10.3. The molecule has 5 heteroatoms. The molecule has 0 aliphatic carbocycles. The van der Waals surface area contributed by atoms with Crippen molar-refractivity contribution < 1.29 is 4.74 Å². The van der Waals surface area contributed by atoms with Crippen molar-refractivity contribution in [2.45, 2.75) is 0 Å². The van der Waals surface area contributed by atoms with E-state index in [0.29, 0.717) is 5.88 Å². The van der Waals surface area contributed by atoms with E-state index < -0.39 is 0 Å². The van der Waals surface area contributed by atoms with Crippen molar-refractivity contribution in [2.75, 3.05) is 5.32 Å². The molecule has 0 aliphatic rings. The molecule has 104 valence electrons. The molecule has 3 aromatic rings. The smallest absolute Gasteiger partial charge is 0.232 e. The Bertz CT molecular complexity index is 717. The summed E-state index contributed by atoms with van der Waals surface area (Å²) in [6, 6.07) is 17.3. The number of anilines is 2. The number of halogens is 1. The van der Waals surface area contributed by atoms with Gasteiger partial charge in [0.05, 0.1) is 3.57 Å². The number of pyridine rings is 2. The summed E-state index contributed by atoms with van der Waals surface area (Å²) in [5, 5.41) is 3.22. The first kappa shape index (κ1) is 13.8. The second kappa shape index (κ2) is 6.53. The van der Waals surface area contributed by atoms with Crippen LogP contribution in [-0.2, 0) is 0 Å². The van der Waals surface area contributed by atoms with Gasteiger partial charge >= 0.3 is 0 Å². The molecular formula is C16H12IN3O. The molecule has 2 aromatic heterocycles. The molecule has 0 aliphatic heterocycles. The molecule has 0 unspecified atom stereocenters. The van der Waals surface area contributed by atoms with Crippen LogP contribution in [0.3, 0.4) is 0 Å². The van der Waals surface area contributed by atoms with Gasteiger partial charge in [0.1, 0.15) is 11.6 Å². The van der Waals surface area contributed by atoms with Crippen LogP contribution in [-0.4, -0.2) is 9.97 Å². The number of rotatable bonds is 4. The summed E-state index contributed by atoms with van der Waals surface area (Å²) >= 11 is 2.20. The zero-order valence-electron chi connectivity index (χ0n) is 11.0. The van der Waals surface area contributed by atoms with Crippen LogP contribution in [0.1, 0.15) is 0 Å². The Morgan fingerprint density at radius 1 is 0.857 bits per heavy atom. The predicted octanol–water partition coefficient (Wildman–Crippen LogP) is 4.62. The molecule has 0 saturated heterocycles. The highest BCUT2D eigenvalue weighted by molar-refractivity contribution is 14.1. The van der Waals surface area contributed by atoms with E-state index in [1.165, 1.54) is 0 Å². The monoisotopic (exact) mass is 389 g/mol. The van der Waals surface area contributed by atoms with E-state index in [1.807, 2.05) is 54.6 Å². The molecule has 0 amide bonds. The third-order valence-electron chi connectivity index (χ3n) is 2.73. The quantitative estimate of drug-likeness (QED) is 0.662. The highest BCUT2D eigenvalue weighted by atomic mass is 127. The summed E-state index contributed by atoms with van der Waals surface area (Å²) in [6.45, 7) is 0. The van der Waals surface area contributed by atoms with Gasteiger partial charge in [-0.1, -0.05) is 6.07 Å². The summed E-state index contributed by atoms with van der Waals surface area (Å²) in [7, 11) is 0. The van der Waals surface area contributed by atoms with E-state index in [9.17, 15) is 0 Å². The average Bonchev–Trinajstić information content (AvgIpc) is 2.52. The number of ether oxygens (including phenoxy) is 1. The van der Waals surface area contributed by atoms with Crippen LogP contribution in [0.2, 0.25) is 0 Å². The standard InChI is InChI=1S/C16H12IN3O/c17-14-4-3-11-19-16(14)21-13-8-6-12(7-9-13)20-15-5-1-2-10-18-15/h1-11H,(H,18,20). The first-order chi connectivity index (χ1) is 10.3. The van der Waals surface area contributed by atoms with Gasteiger partial charge in [-0.2, -0.15) is 0 Å². The highest BCUT2D eigenvalue weighted by Crippen LogP contribution is 2.25. The number of nitrogens with one attached hydrogen (secondary N) is 1. The first-order valence-corrected chi connectivity index (χ1v) is 7.45. The molecule has 0 atom stereocenters. The van der Waals surface area contributed by atoms with Gasteiger partial charge < -0.3 is 10.1 Å².